The summed E-state index contributed by atoms with van der Waals surface area (Å²) in [5, 5.41) is 7.63. The maximum absolute atomic E-state index is 11.2. The van der Waals surface area contributed by atoms with Gasteiger partial charge in [0, 0.05) is 8.80 Å². The fraction of sp³-hybridized carbons (Fsp3) is 0.875. The van der Waals surface area contributed by atoms with Gasteiger partial charge in [-0.05, 0) is 0 Å². The molecule has 0 spiro atoms. The molecule has 0 aromatic carbocycles. The molecule has 0 saturated carbocycles. The molecule has 0 bridgehead atoms. The van der Waals surface area contributed by atoms with Crippen LogP contribution in [-0.4, -0.2) is 34.0 Å². The van der Waals surface area contributed by atoms with E-state index in [2.05, 4.69) is 20.8 Å². The highest BCUT2D eigenvalue weighted by molar-refractivity contribution is 7.87. The SMILES string of the molecule is CC[SiH](CC)CC.O=C(O)CS(=O)(=O)F. The minimum absolute atomic E-state index is 0.171. The van der Waals surface area contributed by atoms with Crippen LogP contribution in [0.2, 0.25) is 18.1 Å². The second-order valence-corrected chi connectivity index (χ2v) is 8.72. The summed E-state index contributed by atoms with van der Waals surface area (Å²) in [6.07, 6.45) is 0. The number of halogens is 1. The molecular weight excluding hydrogens is 239 g/mol. The van der Waals surface area contributed by atoms with E-state index in [1.54, 1.807) is 0 Å². The molecule has 0 aliphatic heterocycles. The molecule has 0 aromatic rings. The van der Waals surface area contributed by atoms with E-state index in [1.165, 1.54) is 18.1 Å². The predicted octanol–water partition coefficient (Wildman–Crippen LogP) is 1.64. The molecule has 92 valence electrons. The Morgan fingerprint density at radius 2 is 1.53 bits per heavy atom. The highest BCUT2D eigenvalue weighted by atomic mass is 32.3. The van der Waals surface area contributed by atoms with Crippen LogP contribution in [0.3, 0.4) is 0 Å². The number of carboxylic acids is 1. The van der Waals surface area contributed by atoms with Crippen molar-refractivity contribution in [1.82, 2.24) is 0 Å². The Kier molecular flexibility index (Phi) is 10.0. The molecule has 0 unspecified atom stereocenters. The van der Waals surface area contributed by atoms with Crippen LogP contribution in [0.15, 0.2) is 0 Å². The highest BCUT2D eigenvalue weighted by Gasteiger charge is 2.11. The van der Waals surface area contributed by atoms with Crippen LogP contribution in [0, 0.1) is 0 Å². The van der Waals surface area contributed by atoms with Crippen molar-refractivity contribution in [3.8, 4) is 0 Å². The Labute approximate surface area is 92.3 Å². The van der Waals surface area contributed by atoms with Crippen LogP contribution in [0.25, 0.3) is 0 Å². The zero-order valence-electron chi connectivity index (χ0n) is 9.36. The minimum Gasteiger partial charge on any atom is -0.480 e. The molecule has 0 aliphatic carbocycles. The monoisotopic (exact) mass is 258 g/mol. The number of aliphatic carboxylic acids is 1. The number of carboxylic acid groups (broad SMARTS) is 1. The van der Waals surface area contributed by atoms with Crippen molar-refractivity contribution < 1.29 is 22.2 Å². The van der Waals surface area contributed by atoms with Gasteiger partial charge in [-0.25, -0.2) is 0 Å². The third-order valence-corrected chi connectivity index (χ3v) is 6.08. The second kappa shape index (κ2) is 8.84. The lowest BCUT2D eigenvalue weighted by Crippen LogP contribution is -2.09. The van der Waals surface area contributed by atoms with Crippen molar-refractivity contribution in [2.75, 3.05) is 5.75 Å². The summed E-state index contributed by atoms with van der Waals surface area (Å²) in [5.74, 6) is -3.14. The Morgan fingerprint density at radius 3 is 1.53 bits per heavy atom. The third-order valence-electron chi connectivity index (χ3n) is 2.03. The van der Waals surface area contributed by atoms with Gasteiger partial charge in [0.05, 0.1) is 0 Å². The summed E-state index contributed by atoms with van der Waals surface area (Å²) < 4.78 is 30.0. The molecule has 4 nitrogen and oxygen atoms in total. The standard InChI is InChI=1S/C6H16Si.C2H3FO4S/c1-4-7(5-2)6-3;3-8(6,7)1-2(4)5/h7H,4-6H2,1-3H3;1H2,(H,4,5). The fourth-order valence-corrected chi connectivity index (χ4v) is 3.04. The average Bonchev–Trinajstić information content (AvgIpc) is 2.03. The molecule has 0 aliphatic rings. The number of hydrogen-bond donors (Lipinski definition) is 1. The van der Waals surface area contributed by atoms with E-state index < -0.39 is 21.9 Å². The van der Waals surface area contributed by atoms with Crippen LogP contribution in [0.5, 0.6) is 0 Å². The Balaban J connectivity index is 0. The second-order valence-electron chi connectivity index (χ2n) is 3.17. The molecule has 0 radical (unpaired) electrons. The van der Waals surface area contributed by atoms with Gasteiger partial charge in [0.25, 0.3) is 0 Å². The van der Waals surface area contributed by atoms with Gasteiger partial charge < -0.3 is 5.11 Å². The Morgan fingerprint density at radius 1 is 1.20 bits per heavy atom. The van der Waals surface area contributed by atoms with Crippen molar-refractivity contribution in [2.24, 2.45) is 0 Å². The first-order chi connectivity index (χ1) is 6.76. The largest absolute Gasteiger partial charge is 0.480 e. The molecule has 0 amide bonds. The van der Waals surface area contributed by atoms with Gasteiger partial charge in [-0.2, -0.15) is 8.42 Å². The fourth-order valence-electron chi connectivity index (χ4n) is 1.01. The molecule has 0 heterocycles. The normalized spacial score (nSPS) is 10.7. The summed E-state index contributed by atoms with van der Waals surface area (Å²) in [6.45, 7) is 6.97. The highest BCUT2D eigenvalue weighted by Crippen LogP contribution is 2.01. The van der Waals surface area contributed by atoms with E-state index in [9.17, 15) is 17.1 Å². The predicted molar refractivity (Wildman–Crippen MR) is 61.1 cm³/mol. The summed E-state index contributed by atoms with van der Waals surface area (Å²) in [7, 11) is -4.99. The lowest BCUT2D eigenvalue weighted by atomic mass is 10.8. The van der Waals surface area contributed by atoms with Crippen LogP contribution in [0.1, 0.15) is 20.8 Å². The lowest BCUT2D eigenvalue weighted by molar-refractivity contribution is -0.134. The van der Waals surface area contributed by atoms with Gasteiger partial charge in [0.2, 0.25) is 0 Å². The quantitative estimate of drug-likeness (QED) is 0.601. The summed E-state index contributed by atoms with van der Waals surface area (Å²) in [4.78, 5) is 9.40. The van der Waals surface area contributed by atoms with Gasteiger partial charge in [-0.15, -0.1) is 3.89 Å². The average molecular weight is 258 g/mol. The summed E-state index contributed by atoms with van der Waals surface area (Å²) in [6, 6.07) is 4.48. The van der Waals surface area contributed by atoms with E-state index in [0.717, 1.165) is 0 Å². The molecule has 15 heavy (non-hydrogen) atoms. The first-order valence-corrected chi connectivity index (χ1v) is 8.91. The zero-order valence-corrected chi connectivity index (χ0v) is 11.3. The van der Waals surface area contributed by atoms with E-state index >= 15 is 0 Å². The molecule has 0 fully saturated rings. The molecule has 7 heteroatoms. The Bertz CT molecular complexity index is 256. The molecule has 1 N–H and O–H groups in total. The number of rotatable bonds is 5. The number of carbonyl (C=O) groups is 1. The van der Waals surface area contributed by atoms with E-state index in [1.807, 2.05) is 0 Å². The first kappa shape index (κ1) is 17.0. The zero-order chi connectivity index (χ0) is 12.5. The summed E-state index contributed by atoms with van der Waals surface area (Å²) >= 11 is 0. The van der Waals surface area contributed by atoms with Crippen LogP contribution < -0.4 is 0 Å². The van der Waals surface area contributed by atoms with Crippen molar-refractivity contribution in [1.29, 1.82) is 0 Å². The van der Waals surface area contributed by atoms with Crippen molar-refractivity contribution in [3.63, 3.8) is 0 Å². The van der Waals surface area contributed by atoms with Crippen LogP contribution in [0.4, 0.5) is 3.89 Å². The smallest absolute Gasteiger partial charge is 0.321 e. The maximum Gasteiger partial charge on any atom is 0.321 e. The summed E-state index contributed by atoms with van der Waals surface area (Å²) in [5.41, 5.74) is 0. The topological polar surface area (TPSA) is 71.4 Å². The van der Waals surface area contributed by atoms with Crippen molar-refractivity contribution >= 4 is 25.0 Å². The lowest BCUT2D eigenvalue weighted by Gasteiger charge is -2.03. The molecule has 0 atom stereocenters. The molecule has 0 aromatic heterocycles. The van der Waals surface area contributed by atoms with E-state index in [-0.39, 0.29) is 8.80 Å². The van der Waals surface area contributed by atoms with Crippen LogP contribution in [-0.2, 0) is 15.0 Å². The van der Waals surface area contributed by atoms with Gasteiger partial charge in [0.1, 0.15) is 0 Å². The van der Waals surface area contributed by atoms with Gasteiger partial charge in [0.15, 0.2) is 5.75 Å². The third kappa shape index (κ3) is 16.3. The van der Waals surface area contributed by atoms with Crippen molar-refractivity contribution in [3.05, 3.63) is 0 Å². The maximum atomic E-state index is 11.2. The Hall–Kier alpha value is -0.433. The van der Waals surface area contributed by atoms with Gasteiger partial charge in [-0.3, -0.25) is 4.79 Å². The van der Waals surface area contributed by atoms with Gasteiger partial charge in [-0.1, -0.05) is 38.9 Å². The van der Waals surface area contributed by atoms with E-state index in [0.29, 0.717) is 0 Å². The molecule has 0 saturated heterocycles. The molecule has 0 rings (SSSR count). The number of hydrogen-bond acceptors (Lipinski definition) is 3. The van der Waals surface area contributed by atoms with E-state index in [4.69, 9.17) is 5.11 Å². The van der Waals surface area contributed by atoms with Gasteiger partial charge >= 0.3 is 16.2 Å². The minimum atomic E-state index is -4.82. The first-order valence-electron chi connectivity index (χ1n) is 4.90. The van der Waals surface area contributed by atoms with Crippen LogP contribution >= 0.6 is 0 Å². The van der Waals surface area contributed by atoms with Crippen molar-refractivity contribution in [2.45, 2.75) is 38.9 Å². The molecular formula is C8H19FO4SSi.